The Morgan fingerprint density at radius 3 is 2.39 bits per heavy atom. The van der Waals surface area contributed by atoms with Crippen molar-refractivity contribution < 1.29 is 23.9 Å². The maximum Gasteiger partial charge on any atom is 0.337 e. The molecule has 0 fully saturated rings. The number of hydrogen-bond donors (Lipinski definition) is 0. The number of nitrogens with zero attached hydrogens (tertiary/aromatic N) is 1. The fraction of sp³-hybridized carbons (Fsp3) is 0.292. The largest absolute Gasteiger partial charge is 0.465 e. The van der Waals surface area contributed by atoms with Crippen LogP contribution in [-0.4, -0.2) is 36.5 Å². The normalized spacial score (nSPS) is 16.3. The molecule has 1 atom stereocenters. The Kier molecular flexibility index (Phi) is 7.13. The molecular formula is C24H24ClNO5. The van der Waals surface area contributed by atoms with Crippen molar-refractivity contribution >= 4 is 29.4 Å². The van der Waals surface area contributed by atoms with E-state index in [2.05, 4.69) is 0 Å². The van der Waals surface area contributed by atoms with E-state index in [4.69, 9.17) is 21.1 Å². The van der Waals surface area contributed by atoms with Gasteiger partial charge in [0.25, 0.3) is 0 Å². The first-order valence-electron chi connectivity index (χ1n) is 9.97. The van der Waals surface area contributed by atoms with Crippen molar-refractivity contribution in [2.45, 2.75) is 32.7 Å². The van der Waals surface area contributed by atoms with Gasteiger partial charge in [-0.3, -0.25) is 4.79 Å². The van der Waals surface area contributed by atoms with E-state index in [1.54, 1.807) is 55.1 Å². The van der Waals surface area contributed by atoms with Crippen LogP contribution in [0, 0.1) is 0 Å². The molecule has 2 aromatic rings. The monoisotopic (exact) mass is 441 g/mol. The molecule has 2 aromatic carbocycles. The van der Waals surface area contributed by atoms with E-state index in [9.17, 15) is 14.4 Å². The molecule has 0 saturated heterocycles. The summed E-state index contributed by atoms with van der Waals surface area (Å²) in [4.78, 5) is 39.1. The lowest BCUT2D eigenvalue weighted by atomic mass is 9.83. The van der Waals surface area contributed by atoms with Gasteiger partial charge < -0.3 is 14.4 Å². The number of ether oxygens (including phenoxy) is 2. The minimum Gasteiger partial charge on any atom is -0.465 e. The zero-order valence-corrected chi connectivity index (χ0v) is 18.4. The summed E-state index contributed by atoms with van der Waals surface area (Å²) in [6.45, 7) is 3.99. The molecule has 0 spiro atoms. The highest BCUT2D eigenvalue weighted by Gasteiger charge is 2.37. The molecule has 0 radical (unpaired) electrons. The van der Waals surface area contributed by atoms with Gasteiger partial charge in [0.15, 0.2) is 0 Å². The number of methoxy groups -OCH3 is 1. The van der Waals surface area contributed by atoms with E-state index < -0.39 is 17.9 Å². The van der Waals surface area contributed by atoms with Gasteiger partial charge >= 0.3 is 11.9 Å². The predicted molar refractivity (Wildman–Crippen MR) is 116 cm³/mol. The van der Waals surface area contributed by atoms with Gasteiger partial charge in [-0.15, -0.1) is 0 Å². The molecule has 0 N–H and O–H groups in total. The minimum atomic E-state index is -0.474. The molecule has 0 bridgehead atoms. The molecule has 0 aromatic heterocycles. The van der Waals surface area contributed by atoms with Crippen molar-refractivity contribution in [1.29, 1.82) is 0 Å². The lowest BCUT2D eigenvalue weighted by Crippen LogP contribution is -2.38. The molecule has 7 heteroatoms. The van der Waals surface area contributed by atoms with Gasteiger partial charge in [0.2, 0.25) is 5.91 Å². The summed E-state index contributed by atoms with van der Waals surface area (Å²) in [5.41, 5.74) is 2.94. The van der Waals surface area contributed by atoms with E-state index in [-0.39, 0.29) is 25.5 Å². The van der Waals surface area contributed by atoms with Gasteiger partial charge in [-0.25, -0.2) is 9.59 Å². The lowest BCUT2D eigenvalue weighted by molar-refractivity contribution is -0.140. The van der Waals surface area contributed by atoms with Crippen molar-refractivity contribution in [1.82, 2.24) is 4.90 Å². The average molecular weight is 442 g/mol. The quantitative estimate of drug-likeness (QED) is 0.618. The van der Waals surface area contributed by atoms with Gasteiger partial charge in [0.05, 0.1) is 31.4 Å². The zero-order chi connectivity index (χ0) is 22.5. The van der Waals surface area contributed by atoms with Crippen molar-refractivity contribution in [3.8, 4) is 0 Å². The fourth-order valence-electron chi connectivity index (χ4n) is 3.75. The first-order valence-corrected chi connectivity index (χ1v) is 10.3. The maximum atomic E-state index is 13.1. The Morgan fingerprint density at radius 1 is 1.10 bits per heavy atom. The Hall–Kier alpha value is -3.12. The lowest BCUT2D eigenvalue weighted by Gasteiger charge is -2.34. The smallest absolute Gasteiger partial charge is 0.337 e. The Bertz CT molecular complexity index is 1030. The van der Waals surface area contributed by atoms with Gasteiger partial charge in [0.1, 0.15) is 0 Å². The summed E-state index contributed by atoms with van der Waals surface area (Å²) < 4.78 is 10.0. The third kappa shape index (κ3) is 4.80. The highest BCUT2D eigenvalue weighted by atomic mass is 35.5. The summed E-state index contributed by atoms with van der Waals surface area (Å²) in [5.74, 6) is -1.47. The molecule has 1 unspecified atom stereocenters. The van der Waals surface area contributed by atoms with Crippen LogP contribution in [0.2, 0.25) is 5.02 Å². The number of esters is 2. The van der Waals surface area contributed by atoms with Crippen molar-refractivity contribution in [2.24, 2.45) is 0 Å². The standard InChI is InChI=1S/C24H24ClNO5/c1-4-31-24(29)22-15(2)26(14-16-9-11-17(12-10-16)23(28)30-3)21(27)13-19(22)18-7-5-6-8-20(18)25/h5-12,19H,4,13-14H2,1-3H3. The van der Waals surface area contributed by atoms with Crippen molar-refractivity contribution in [3.05, 3.63) is 81.5 Å². The van der Waals surface area contributed by atoms with Gasteiger partial charge in [-0.2, -0.15) is 0 Å². The number of hydrogen-bond acceptors (Lipinski definition) is 5. The minimum absolute atomic E-state index is 0.107. The van der Waals surface area contributed by atoms with E-state index >= 15 is 0 Å². The van der Waals surface area contributed by atoms with E-state index in [0.29, 0.717) is 21.9 Å². The molecule has 6 nitrogen and oxygen atoms in total. The SMILES string of the molecule is CCOC(=O)C1=C(C)N(Cc2ccc(C(=O)OC)cc2)C(=O)CC1c1ccccc1Cl. The molecule has 1 heterocycles. The molecule has 1 aliphatic heterocycles. The van der Waals surface area contributed by atoms with Crippen LogP contribution in [0.4, 0.5) is 0 Å². The topological polar surface area (TPSA) is 72.9 Å². The first kappa shape index (κ1) is 22.6. The van der Waals surface area contributed by atoms with Crippen LogP contribution in [-0.2, 0) is 25.6 Å². The van der Waals surface area contributed by atoms with Crippen LogP contribution in [0.5, 0.6) is 0 Å². The van der Waals surface area contributed by atoms with Crippen LogP contribution < -0.4 is 0 Å². The van der Waals surface area contributed by atoms with Gasteiger partial charge in [-0.05, 0) is 43.2 Å². The number of carbonyl (C=O) groups excluding carboxylic acids is 3. The van der Waals surface area contributed by atoms with E-state index in [1.807, 2.05) is 12.1 Å². The van der Waals surface area contributed by atoms with Crippen LogP contribution in [0.1, 0.15) is 47.7 Å². The van der Waals surface area contributed by atoms with E-state index in [0.717, 1.165) is 11.1 Å². The molecule has 3 rings (SSSR count). The van der Waals surface area contributed by atoms with Crippen LogP contribution in [0.15, 0.2) is 59.8 Å². The number of rotatable bonds is 6. The number of allylic oxidation sites excluding steroid dienone is 1. The highest BCUT2D eigenvalue weighted by molar-refractivity contribution is 6.31. The molecule has 31 heavy (non-hydrogen) atoms. The third-order valence-electron chi connectivity index (χ3n) is 5.31. The summed E-state index contributed by atoms with van der Waals surface area (Å²) >= 11 is 6.38. The second kappa shape index (κ2) is 9.79. The third-order valence-corrected chi connectivity index (χ3v) is 5.66. The molecule has 1 aliphatic rings. The molecule has 162 valence electrons. The zero-order valence-electron chi connectivity index (χ0n) is 17.7. The number of amides is 1. The molecule has 0 aliphatic carbocycles. The fourth-order valence-corrected chi connectivity index (χ4v) is 4.01. The Balaban J connectivity index is 1.98. The van der Waals surface area contributed by atoms with Crippen molar-refractivity contribution in [2.75, 3.05) is 13.7 Å². The summed E-state index contributed by atoms with van der Waals surface area (Å²) in [5, 5.41) is 0.502. The molecular weight excluding hydrogens is 418 g/mol. The summed E-state index contributed by atoms with van der Waals surface area (Å²) in [6, 6.07) is 14.0. The first-order chi connectivity index (χ1) is 14.9. The van der Waals surface area contributed by atoms with Crippen LogP contribution in [0.25, 0.3) is 0 Å². The molecule has 0 saturated carbocycles. The maximum absolute atomic E-state index is 13.1. The van der Waals surface area contributed by atoms with E-state index in [1.165, 1.54) is 7.11 Å². The van der Waals surface area contributed by atoms with Gasteiger partial charge in [-0.1, -0.05) is 41.9 Å². The molecule has 1 amide bonds. The highest BCUT2D eigenvalue weighted by Crippen LogP contribution is 2.40. The Labute approximate surface area is 186 Å². The van der Waals surface area contributed by atoms with Gasteiger partial charge in [0, 0.05) is 23.1 Å². The number of carbonyl (C=O) groups is 3. The predicted octanol–water partition coefficient (Wildman–Crippen LogP) is 4.48. The van der Waals surface area contributed by atoms with Crippen LogP contribution >= 0.6 is 11.6 Å². The summed E-state index contributed by atoms with van der Waals surface area (Å²) in [7, 11) is 1.32. The Morgan fingerprint density at radius 2 is 1.77 bits per heavy atom. The number of benzene rings is 2. The number of halogens is 1. The van der Waals surface area contributed by atoms with Crippen molar-refractivity contribution in [3.63, 3.8) is 0 Å². The van der Waals surface area contributed by atoms with Crippen LogP contribution in [0.3, 0.4) is 0 Å². The summed E-state index contributed by atoms with van der Waals surface area (Å²) in [6.07, 6.45) is 0.107. The average Bonchev–Trinajstić information content (AvgIpc) is 2.76. The second-order valence-corrected chi connectivity index (χ2v) is 7.57. The second-order valence-electron chi connectivity index (χ2n) is 7.17.